The van der Waals surface area contributed by atoms with Crippen molar-refractivity contribution < 1.29 is 4.79 Å². The quantitative estimate of drug-likeness (QED) is 0.740. The Kier molecular flexibility index (Phi) is 4.31. The van der Waals surface area contributed by atoms with E-state index in [2.05, 4.69) is 33.4 Å². The molecule has 25 heavy (non-hydrogen) atoms. The first-order chi connectivity index (χ1) is 12.2. The monoisotopic (exact) mass is 353 g/mol. The molecule has 1 saturated carbocycles. The van der Waals surface area contributed by atoms with E-state index in [9.17, 15) is 4.79 Å². The van der Waals surface area contributed by atoms with Crippen molar-refractivity contribution >= 4 is 17.2 Å². The van der Waals surface area contributed by atoms with Gasteiger partial charge in [-0.3, -0.25) is 19.4 Å². The van der Waals surface area contributed by atoms with Crippen LogP contribution in [0.3, 0.4) is 0 Å². The highest BCUT2D eigenvalue weighted by Gasteiger charge is 2.38. The van der Waals surface area contributed by atoms with Gasteiger partial charge >= 0.3 is 0 Å². The molecule has 0 radical (unpaired) electrons. The first-order valence-electron chi connectivity index (χ1n) is 8.38. The Morgan fingerprint density at radius 1 is 1.40 bits per heavy atom. The van der Waals surface area contributed by atoms with Crippen LogP contribution in [-0.2, 0) is 11.3 Å². The summed E-state index contributed by atoms with van der Waals surface area (Å²) in [6.45, 7) is 3.31. The van der Waals surface area contributed by atoms with Crippen molar-refractivity contribution in [2.24, 2.45) is 11.8 Å². The van der Waals surface area contributed by atoms with E-state index in [1.54, 1.807) is 29.9 Å². The fourth-order valence-corrected chi connectivity index (χ4v) is 3.75. The van der Waals surface area contributed by atoms with Crippen molar-refractivity contribution in [2.75, 3.05) is 6.54 Å². The molecule has 1 N–H and O–H groups in total. The van der Waals surface area contributed by atoms with Gasteiger partial charge in [0.1, 0.15) is 0 Å². The van der Waals surface area contributed by atoms with Gasteiger partial charge in [0, 0.05) is 30.4 Å². The minimum Gasteiger partial charge on any atom is -0.354 e. The summed E-state index contributed by atoms with van der Waals surface area (Å²) >= 11 is 1.66. The lowest BCUT2D eigenvalue weighted by Crippen LogP contribution is -2.29. The summed E-state index contributed by atoms with van der Waals surface area (Å²) < 4.78 is 1.94. The van der Waals surface area contributed by atoms with Crippen LogP contribution in [0.5, 0.6) is 0 Å². The molecule has 6 nitrogen and oxygen atoms in total. The molecule has 128 valence electrons. The minimum atomic E-state index is 0.159. The average molecular weight is 353 g/mol. The molecule has 1 fully saturated rings. The molecule has 0 aromatic carbocycles. The molecule has 0 unspecified atom stereocenters. The normalized spacial score (nSPS) is 18.9. The van der Waals surface area contributed by atoms with E-state index in [0.29, 0.717) is 19.0 Å². The van der Waals surface area contributed by atoms with Crippen molar-refractivity contribution in [3.05, 3.63) is 42.3 Å². The van der Waals surface area contributed by atoms with Crippen LogP contribution in [0, 0.1) is 11.8 Å². The number of carbonyl (C=O) groups is 1. The number of hydrogen-bond acceptors (Lipinski definition) is 5. The van der Waals surface area contributed by atoms with E-state index in [1.807, 2.05) is 22.3 Å². The maximum Gasteiger partial charge on any atom is 0.223 e. The SMILES string of the molecule is C[C@@H]1C[C@H]1C(=O)NCCn1ncc(-c2cnccn2)c1-c1cccs1. The van der Waals surface area contributed by atoms with Crippen LogP contribution in [0.4, 0.5) is 0 Å². The zero-order chi connectivity index (χ0) is 17.2. The van der Waals surface area contributed by atoms with Gasteiger partial charge in [0.15, 0.2) is 0 Å². The predicted octanol–water partition coefficient (Wildman–Crippen LogP) is 2.84. The largest absolute Gasteiger partial charge is 0.354 e. The lowest BCUT2D eigenvalue weighted by Gasteiger charge is -2.09. The second-order valence-electron chi connectivity index (χ2n) is 6.31. The smallest absolute Gasteiger partial charge is 0.223 e. The van der Waals surface area contributed by atoms with Crippen molar-refractivity contribution in [2.45, 2.75) is 19.9 Å². The Morgan fingerprint density at radius 2 is 2.28 bits per heavy atom. The maximum absolute atomic E-state index is 12.0. The number of carbonyl (C=O) groups excluding carboxylic acids is 1. The minimum absolute atomic E-state index is 0.159. The van der Waals surface area contributed by atoms with Gasteiger partial charge in [-0.25, -0.2) is 0 Å². The zero-order valence-corrected chi connectivity index (χ0v) is 14.7. The van der Waals surface area contributed by atoms with Crippen LogP contribution in [0.25, 0.3) is 21.8 Å². The highest BCUT2D eigenvalue weighted by atomic mass is 32.1. The van der Waals surface area contributed by atoms with E-state index in [-0.39, 0.29) is 11.8 Å². The Morgan fingerprint density at radius 3 is 2.96 bits per heavy atom. The Labute approximate surface area is 149 Å². The molecular weight excluding hydrogens is 334 g/mol. The molecule has 3 heterocycles. The van der Waals surface area contributed by atoms with Crippen LogP contribution < -0.4 is 5.32 Å². The van der Waals surface area contributed by atoms with Crippen LogP contribution in [0.2, 0.25) is 0 Å². The predicted molar refractivity (Wildman–Crippen MR) is 96.8 cm³/mol. The fraction of sp³-hybridized carbons (Fsp3) is 0.333. The second kappa shape index (κ2) is 6.76. The maximum atomic E-state index is 12.0. The summed E-state index contributed by atoms with van der Waals surface area (Å²) in [5.41, 5.74) is 2.77. The Bertz CT molecular complexity index is 859. The number of nitrogens with zero attached hydrogens (tertiary/aromatic N) is 4. The third kappa shape index (κ3) is 3.32. The molecule has 0 saturated heterocycles. The topological polar surface area (TPSA) is 72.7 Å². The van der Waals surface area contributed by atoms with Crippen LogP contribution in [0.1, 0.15) is 13.3 Å². The molecule has 0 aliphatic heterocycles. The molecule has 0 spiro atoms. The first-order valence-corrected chi connectivity index (χ1v) is 9.26. The summed E-state index contributed by atoms with van der Waals surface area (Å²) in [5, 5.41) is 9.59. The van der Waals surface area contributed by atoms with Crippen LogP contribution >= 0.6 is 11.3 Å². The molecular formula is C18H19N5OS. The lowest BCUT2D eigenvalue weighted by molar-refractivity contribution is -0.122. The molecule has 7 heteroatoms. The molecule has 3 aromatic heterocycles. The van der Waals surface area contributed by atoms with Gasteiger partial charge in [0.05, 0.1) is 35.2 Å². The van der Waals surface area contributed by atoms with Gasteiger partial charge in [0.2, 0.25) is 5.91 Å². The zero-order valence-electron chi connectivity index (χ0n) is 13.9. The number of thiophene rings is 1. The van der Waals surface area contributed by atoms with E-state index >= 15 is 0 Å². The third-order valence-electron chi connectivity index (χ3n) is 4.50. The number of aromatic nitrogens is 4. The second-order valence-corrected chi connectivity index (χ2v) is 7.26. The number of hydrogen-bond donors (Lipinski definition) is 1. The van der Waals surface area contributed by atoms with E-state index in [1.165, 1.54) is 0 Å². The molecule has 1 aliphatic carbocycles. The van der Waals surface area contributed by atoms with Crippen molar-refractivity contribution in [1.29, 1.82) is 0 Å². The van der Waals surface area contributed by atoms with Crippen molar-refractivity contribution in [1.82, 2.24) is 25.1 Å². The van der Waals surface area contributed by atoms with Gasteiger partial charge in [-0.1, -0.05) is 13.0 Å². The fourth-order valence-electron chi connectivity index (χ4n) is 2.96. The van der Waals surface area contributed by atoms with E-state index < -0.39 is 0 Å². The Hall–Kier alpha value is -2.54. The molecule has 1 aliphatic rings. The summed E-state index contributed by atoms with van der Waals surface area (Å²) in [6, 6.07) is 4.09. The number of rotatable bonds is 6. The highest BCUT2D eigenvalue weighted by Crippen LogP contribution is 2.37. The first kappa shape index (κ1) is 16.0. The number of nitrogens with one attached hydrogen (secondary N) is 1. The number of amides is 1. The van der Waals surface area contributed by atoms with Crippen LogP contribution in [-0.4, -0.2) is 32.2 Å². The molecule has 3 aromatic rings. The molecule has 2 atom stereocenters. The lowest BCUT2D eigenvalue weighted by atomic mass is 10.1. The summed E-state index contributed by atoms with van der Waals surface area (Å²) in [6.07, 6.45) is 7.92. The Balaban J connectivity index is 1.55. The van der Waals surface area contributed by atoms with Crippen molar-refractivity contribution in [3.8, 4) is 21.8 Å². The van der Waals surface area contributed by atoms with Gasteiger partial charge in [-0.05, 0) is 23.8 Å². The van der Waals surface area contributed by atoms with E-state index in [0.717, 1.165) is 28.2 Å². The van der Waals surface area contributed by atoms with Crippen LogP contribution in [0.15, 0.2) is 42.3 Å². The molecule has 1 amide bonds. The highest BCUT2D eigenvalue weighted by molar-refractivity contribution is 7.13. The van der Waals surface area contributed by atoms with Gasteiger partial charge in [0.25, 0.3) is 0 Å². The van der Waals surface area contributed by atoms with Gasteiger partial charge in [-0.2, -0.15) is 5.10 Å². The van der Waals surface area contributed by atoms with Gasteiger partial charge in [-0.15, -0.1) is 11.3 Å². The summed E-state index contributed by atoms with van der Waals surface area (Å²) in [7, 11) is 0. The summed E-state index contributed by atoms with van der Waals surface area (Å²) in [5.74, 6) is 0.880. The van der Waals surface area contributed by atoms with Gasteiger partial charge < -0.3 is 5.32 Å². The summed E-state index contributed by atoms with van der Waals surface area (Å²) in [4.78, 5) is 21.7. The third-order valence-corrected chi connectivity index (χ3v) is 5.38. The molecule has 4 rings (SSSR count). The van der Waals surface area contributed by atoms with E-state index in [4.69, 9.17) is 0 Å². The average Bonchev–Trinajstić information content (AvgIpc) is 3.04. The molecule has 0 bridgehead atoms. The standard InChI is InChI=1S/C18H19N5OS/c1-12-9-13(12)18(24)21-6-7-23-17(16-3-2-8-25-16)14(10-22-23)15-11-19-4-5-20-15/h2-5,8,10-13H,6-7,9H2,1H3,(H,21,24)/t12-,13-/m1/s1. The van der Waals surface area contributed by atoms with Crippen molar-refractivity contribution in [3.63, 3.8) is 0 Å².